The van der Waals surface area contributed by atoms with E-state index in [4.69, 9.17) is 0 Å². The first-order valence-electron chi connectivity index (χ1n) is 8.21. The molecule has 1 heterocycles. The number of hydrogen-bond donors (Lipinski definition) is 0. The van der Waals surface area contributed by atoms with E-state index in [1.165, 1.54) is 70.0 Å². The Balaban J connectivity index is 1.71. The lowest BCUT2D eigenvalue weighted by atomic mass is 9.94. The van der Waals surface area contributed by atoms with Gasteiger partial charge in [-0.15, -0.1) is 0 Å². The van der Waals surface area contributed by atoms with Crippen molar-refractivity contribution in [3.8, 4) is 0 Å². The molecule has 0 spiro atoms. The minimum absolute atomic E-state index is 0.900. The molecule has 104 valence electrons. The summed E-state index contributed by atoms with van der Waals surface area (Å²) in [6.07, 6.45) is 10.9. The minimum atomic E-state index is 0.900. The van der Waals surface area contributed by atoms with E-state index in [-0.39, 0.29) is 0 Å². The third-order valence-corrected chi connectivity index (χ3v) is 5.08. The van der Waals surface area contributed by atoms with Crippen LogP contribution in [0.3, 0.4) is 0 Å². The topological polar surface area (TPSA) is 3.24 Å². The number of benzene rings is 1. The van der Waals surface area contributed by atoms with Crippen molar-refractivity contribution in [2.24, 2.45) is 0 Å². The molecule has 19 heavy (non-hydrogen) atoms. The summed E-state index contributed by atoms with van der Waals surface area (Å²) in [6.45, 7) is 4.86. The Morgan fingerprint density at radius 1 is 1.00 bits per heavy atom. The lowest BCUT2D eigenvalue weighted by Gasteiger charge is -2.31. The standard InChI is InChI=1S/C18H27N/c1-2-15-9-10-16-11-13-19(18-7-3-4-8-18)12-5-6-17(16)14-15/h9-10,14,18H,2-8,11-13H2,1H3. The van der Waals surface area contributed by atoms with Crippen molar-refractivity contribution in [3.05, 3.63) is 34.9 Å². The van der Waals surface area contributed by atoms with Gasteiger partial charge in [-0.2, -0.15) is 0 Å². The van der Waals surface area contributed by atoms with Crippen molar-refractivity contribution in [1.29, 1.82) is 0 Å². The van der Waals surface area contributed by atoms with Gasteiger partial charge >= 0.3 is 0 Å². The summed E-state index contributed by atoms with van der Waals surface area (Å²) in [5.74, 6) is 0. The van der Waals surface area contributed by atoms with E-state index in [9.17, 15) is 0 Å². The molecule has 1 aromatic rings. The van der Waals surface area contributed by atoms with Crippen LogP contribution in [0.4, 0.5) is 0 Å². The van der Waals surface area contributed by atoms with Crippen LogP contribution in [0.5, 0.6) is 0 Å². The molecule has 0 radical (unpaired) electrons. The van der Waals surface area contributed by atoms with Crippen LogP contribution in [0, 0.1) is 0 Å². The largest absolute Gasteiger partial charge is 0.300 e. The second kappa shape index (κ2) is 6.09. The van der Waals surface area contributed by atoms with Crippen molar-refractivity contribution in [2.45, 2.75) is 64.3 Å². The van der Waals surface area contributed by atoms with Gasteiger partial charge in [0.25, 0.3) is 0 Å². The van der Waals surface area contributed by atoms with Crippen LogP contribution in [0.1, 0.15) is 55.7 Å². The van der Waals surface area contributed by atoms with Crippen LogP contribution in [0.25, 0.3) is 0 Å². The lowest BCUT2D eigenvalue weighted by molar-refractivity contribution is 0.195. The fourth-order valence-corrected chi connectivity index (χ4v) is 3.86. The Kier molecular flexibility index (Phi) is 4.22. The van der Waals surface area contributed by atoms with Gasteiger partial charge in [0.05, 0.1) is 0 Å². The Labute approximate surface area is 118 Å². The highest BCUT2D eigenvalue weighted by Crippen LogP contribution is 2.26. The molecule has 1 aromatic carbocycles. The summed E-state index contributed by atoms with van der Waals surface area (Å²) < 4.78 is 0. The van der Waals surface area contributed by atoms with Crippen LogP contribution in [0.15, 0.2) is 18.2 Å². The zero-order valence-corrected chi connectivity index (χ0v) is 12.3. The van der Waals surface area contributed by atoms with Crippen LogP contribution in [-0.4, -0.2) is 24.0 Å². The van der Waals surface area contributed by atoms with Gasteiger partial charge in [-0.1, -0.05) is 38.0 Å². The Morgan fingerprint density at radius 3 is 2.63 bits per heavy atom. The van der Waals surface area contributed by atoms with Crippen molar-refractivity contribution in [2.75, 3.05) is 13.1 Å². The molecule has 1 aliphatic carbocycles. The van der Waals surface area contributed by atoms with Crippen LogP contribution < -0.4 is 0 Å². The quantitative estimate of drug-likeness (QED) is 0.774. The molecule has 0 bridgehead atoms. The number of nitrogens with zero attached hydrogens (tertiary/aromatic N) is 1. The van der Waals surface area contributed by atoms with E-state index < -0.39 is 0 Å². The molecule has 3 rings (SSSR count). The first-order chi connectivity index (χ1) is 9.36. The summed E-state index contributed by atoms with van der Waals surface area (Å²) in [5.41, 5.74) is 4.75. The highest BCUT2D eigenvalue weighted by molar-refractivity contribution is 5.33. The molecular weight excluding hydrogens is 230 g/mol. The molecule has 1 aliphatic heterocycles. The monoisotopic (exact) mass is 257 g/mol. The first kappa shape index (κ1) is 13.2. The van der Waals surface area contributed by atoms with Gasteiger partial charge < -0.3 is 4.90 Å². The lowest BCUT2D eigenvalue weighted by Crippen LogP contribution is -2.37. The molecule has 0 aromatic heterocycles. The number of hydrogen-bond acceptors (Lipinski definition) is 1. The van der Waals surface area contributed by atoms with Gasteiger partial charge in [0.2, 0.25) is 0 Å². The Bertz CT molecular complexity index is 418. The molecule has 0 unspecified atom stereocenters. The zero-order valence-electron chi connectivity index (χ0n) is 12.3. The molecular formula is C18H27N. The summed E-state index contributed by atoms with van der Waals surface area (Å²) in [5, 5.41) is 0. The third-order valence-electron chi connectivity index (χ3n) is 5.08. The van der Waals surface area contributed by atoms with Gasteiger partial charge in [0.15, 0.2) is 0 Å². The Hall–Kier alpha value is -0.820. The van der Waals surface area contributed by atoms with Crippen molar-refractivity contribution >= 4 is 0 Å². The average molecular weight is 257 g/mol. The molecule has 1 fully saturated rings. The Morgan fingerprint density at radius 2 is 1.84 bits per heavy atom. The van der Waals surface area contributed by atoms with Crippen LogP contribution in [-0.2, 0) is 19.3 Å². The third kappa shape index (κ3) is 3.02. The van der Waals surface area contributed by atoms with E-state index in [1.807, 2.05) is 0 Å². The molecule has 2 aliphatic rings. The molecule has 0 saturated heterocycles. The second-order valence-corrected chi connectivity index (χ2v) is 6.28. The van der Waals surface area contributed by atoms with Gasteiger partial charge in [-0.25, -0.2) is 0 Å². The number of fused-ring (bicyclic) bond motifs is 1. The van der Waals surface area contributed by atoms with E-state index in [0.717, 1.165) is 6.04 Å². The molecule has 0 N–H and O–H groups in total. The highest BCUT2D eigenvalue weighted by atomic mass is 15.2. The highest BCUT2D eigenvalue weighted by Gasteiger charge is 2.23. The summed E-state index contributed by atoms with van der Waals surface area (Å²) >= 11 is 0. The van der Waals surface area contributed by atoms with E-state index in [1.54, 1.807) is 11.1 Å². The van der Waals surface area contributed by atoms with Crippen molar-refractivity contribution < 1.29 is 0 Å². The number of rotatable bonds is 2. The maximum Gasteiger partial charge on any atom is 0.00953 e. The van der Waals surface area contributed by atoms with Crippen molar-refractivity contribution in [3.63, 3.8) is 0 Å². The fraction of sp³-hybridized carbons (Fsp3) is 0.667. The molecule has 1 saturated carbocycles. The summed E-state index contributed by atoms with van der Waals surface area (Å²) in [7, 11) is 0. The number of aryl methyl sites for hydroxylation is 2. The summed E-state index contributed by atoms with van der Waals surface area (Å²) in [6, 6.07) is 8.09. The van der Waals surface area contributed by atoms with Crippen molar-refractivity contribution in [1.82, 2.24) is 4.90 Å². The second-order valence-electron chi connectivity index (χ2n) is 6.28. The van der Waals surface area contributed by atoms with Crippen LogP contribution in [0.2, 0.25) is 0 Å². The van der Waals surface area contributed by atoms with E-state index in [2.05, 4.69) is 30.0 Å². The van der Waals surface area contributed by atoms with Crippen LogP contribution >= 0.6 is 0 Å². The predicted molar refractivity (Wildman–Crippen MR) is 81.7 cm³/mol. The minimum Gasteiger partial charge on any atom is -0.300 e. The molecule has 1 heteroatoms. The van der Waals surface area contributed by atoms with Gasteiger partial charge in [-0.3, -0.25) is 0 Å². The smallest absolute Gasteiger partial charge is 0.00953 e. The predicted octanol–water partition coefficient (Wildman–Crippen LogP) is 3.98. The van der Waals surface area contributed by atoms with E-state index >= 15 is 0 Å². The van der Waals surface area contributed by atoms with E-state index in [0.29, 0.717) is 0 Å². The first-order valence-corrected chi connectivity index (χ1v) is 8.21. The molecule has 0 atom stereocenters. The van der Waals surface area contributed by atoms with Gasteiger partial charge in [0, 0.05) is 12.6 Å². The van der Waals surface area contributed by atoms with Gasteiger partial charge in [-0.05, 0) is 61.8 Å². The van der Waals surface area contributed by atoms with Gasteiger partial charge in [0.1, 0.15) is 0 Å². The SMILES string of the molecule is CCc1ccc2c(c1)CCCN(C1CCCC1)CC2. The fourth-order valence-electron chi connectivity index (χ4n) is 3.86. The summed E-state index contributed by atoms with van der Waals surface area (Å²) in [4.78, 5) is 2.78. The normalized spacial score (nSPS) is 21.9. The maximum atomic E-state index is 2.78. The molecule has 1 nitrogen and oxygen atoms in total. The molecule has 0 amide bonds. The maximum absolute atomic E-state index is 2.78. The zero-order chi connectivity index (χ0) is 13.1. The average Bonchev–Trinajstić information content (AvgIpc) is 2.93.